The maximum absolute atomic E-state index is 14.2. The van der Waals surface area contributed by atoms with Crippen LogP contribution in [0, 0.1) is 5.82 Å². The summed E-state index contributed by atoms with van der Waals surface area (Å²) >= 11 is 7.26. The average Bonchev–Trinajstić information content (AvgIpc) is 3.17. The van der Waals surface area contributed by atoms with Crippen LogP contribution in [0.5, 0.6) is 5.75 Å². The Morgan fingerprint density at radius 3 is 2.52 bits per heavy atom. The van der Waals surface area contributed by atoms with Crippen molar-refractivity contribution < 1.29 is 9.13 Å². The quantitative estimate of drug-likeness (QED) is 0.354. The summed E-state index contributed by atoms with van der Waals surface area (Å²) in [6, 6.07) is 22.2. The first-order chi connectivity index (χ1) is 14.2. The molecule has 4 nitrogen and oxygen atoms in total. The molecule has 0 fully saturated rings. The Balaban J connectivity index is 1.76. The van der Waals surface area contributed by atoms with Crippen molar-refractivity contribution in [3.63, 3.8) is 0 Å². The summed E-state index contributed by atoms with van der Waals surface area (Å²) in [4.78, 5) is 0. The molecule has 0 N–H and O–H groups in total. The van der Waals surface area contributed by atoms with Crippen LogP contribution < -0.4 is 4.74 Å². The minimum atomic E-state index is -0.333. The molecule has 7 heteroatoms. The van der Waals surface area contributed by atoms with Crippen molar-refractivity contribution in [1.82, 2.24) is 14.8 Å². The van der Waals surface area contributed by atoms with Crippen molar-refractivity contribution in [1.29, 1.82) is 0 Å². The van der Waals surface area contributed by atoms with Gasteiger partial charge in [0, 0.05) is 16.5 Å². The molecule has 0 aliphatic heterocycles. The summed E-state index contributed by atoms with van der Waals surface area (Å²) in [7, 11) is 1.63. The summed E-state index contributed by atoms with van der Waals surface area (Å²) in [6.07, 6.45) is 0. The zero-order chi connectivity index (χ0) is 20.2. The first-order valence-corrected chi connectivity index (χ1v) is 10.2. The number of thioether (sulfide) groups is 1. The highest BCUT2D eigenvalue weighted by Gasteiger charge is 2.19. The molecule has 3 aromatic carbocycles. The predicted molar refractivity (Wildman–Crippen MR) is 114 cm³/mol. The van der Waals surface area contributed by atoms with E-state index < -0.39 is 0 Å². The molecule has 0 aliphatic rings. The number of ether oxygens (including phenoxy) is 1. The zero-order valence-corrected chi connectivity index (χ0v) is 17.1. The molecule has 1 heterocycles. The standard InChI is InChI=1S/C22H17ClFN3OS/c1-28-20-10-6-5-9-18(20)21-25-26-22(27(21)17-7-3-2-4-8-17)29-14-15-11-12-16(23)13-19(15)24/h2-13H,14H2,1H3. The van der Waals surface area contributed by atoms with Gasteiger partial charge in [-0.1, -0.05) is 59.8 Å². The molecule has 0 saturated heterocycles. The predicted octanol–water partition coefficient (Wildman–Crippen LogP) is 6.03. The Labute approximate surface area is 177 Å². The zero-order valence-electron chi connectivity index (χ0n) is 15.5. The van der Waals surface area contributed by atoms with E-state index in [0.29, 0.717) is 33.1 Å². The van der Waals surface area contributed by atoms with Crippen molar-refractivity contribution in [3.05, 3.63) is 89.2 Å². The van der Waals surface area contributed by atoms with E-state index in [2.05, 4.69) is 10.2 Å². The second kappa shape index (κ2) is 8.68. The second-order valence-corrected chi connectivity index (χ2v) is 7.58. The first-order valence-electron chi connectivity index (χ1n) is 8.88. The molecule has 0 amide bonds. The van der Waals surface area contributed by atoms with Crippen molar-refractivity contribution in [2.24, 2.45) is 0 Å². The topological polar surface area (TPSA) is 39.9 Å². The normalized spacial score (nSPS) is 10.9. The van der Waals surface area contributed by atoms with E-state index in [1.54, 1.807) is 19.2 Å². The van der Waals surface area contributed by atoms with Gasteiger partial charge >= 0.3 is 0 Å². The number of para-hydroxylation sites is 2. The van der Waals surface area contributed by atoms with Gasteiger partial charge in [-0.2, -0.15) is 0 Å². The fourth-order valence-corrected chi connectivity index (χ4v) is 4.06. The Morgan fingerprint density at radius 1 is 1.00 bits per heavy atom. The molecule has 0 unspecified atom stereocenters. The molecule has 0 atom stereocenters. The third kappa shape index (κ3) is 4.13. The SMILES string of the molecule is COc1ccccc1-c1nnc(SCc2ccc(Cl)cc2F)n1-c1ccccc1. The third-order valence-electron chi connectivity index (χ3n) is 4.37. The van der Waals surface area contributed by atoms with Crippen molar-refractivity contribution >= 4 is 23.4 Å². The number of hydrogen-bond acceptors (Lipinski definition) is 4. The van der Waals surface area contributed by atoms with Crippen LogP contribution in [0.3, 0.4) is 0 Å². The molecular formula is C22H17ClFN3OS. The van der Waals surface area contributed by atoms with Gasteiger partial charge in [-0.25, -0.2) is 4.39 Å². The molecular weight excluding hydrogens is 409 g/mol. The molecule has 0 bridgehead atoms. The smallest absolute Gasteiger partial charge is 0.196 e. The summed E-state index contributed by atoms with van der Waals surface area (Å²) < 4.78 is 21.6. The van der Waals surface area contributed by atoms with Gasteiger partial charge in [0.05, 0.1) is 12.7 Å². The van der Waals surface area contributed by atoms with Crippen LogP contribution in [0.1, 0.15) is 5.56 Å². The van der Waals surface area contributed by atoms with Crippen LogP contribution in [-0.4, -0.2) is 21.9 Å². The number of aromatic nitrogens is 3. The van der Waals surface area contributed by atoms with Gasteiger partial charge in [0.1, 0.15) is 11.6 Å². The highest BCUT2D eigenvalue weighted by atomic mass is 35.5. The average molecular weight is 426 g/mol. The summed E-state index contributed by atoms with van der Waals surface area (Å²) in [5, 5.41) is 9.83. The number of benzene rings is 3. The van der Waals surface area contributed by atoms with Gasteiger partial charge in [-0.05, 0) is 42.0 Å². The second-order valence-electron chi connectivity index (χ2n) is 6.20. The van der Waals surface area contributed by atoms with Crippen LogP contribution in [0.2, 0.25) is 5.02 Å². The van der Waals surface area contributed by atoms with E-state index in [-0.39, 0.29) is 5.82 Å². The Morgan fingerprint density at radius 2 is 1.76 bits per heavy atom. The largest absolute Gasteiger partial charge is 0.496 e. The van der Waals surface area contributed by atoms with Crippen LogP contribution in [0.4, 0.5) is 4.39 Å². The van der Waals surface area contributed by atoms with Crippen molar-refractivity contribution in [3.8, 4) is 22.8 Å². The summed E-state index contributed by atoms with van der Waals surface area (Å²) in [5.41, 5.74) is 2.30. The molecule has 146 valence electrons. The van der Waals surface area contributed by atoms with Crippen LogP contribution in [-0.2, 0) is 5.75 Å². The molecule has 0 saturated carbocycles. The molecule has 4 rings (SSSR count). The lowest BCUT2D eigenvalue weighted by atomic mass is 10.2. The van der Waals surface area contributed by atoms with E-state index in [4.69, 9.17) is 16.3 Å². The van der Waals surface area contributed by atoms with Gasteiger partial charge in [-0.15, -0.1) is 10.2 Å². The van der Waals surface area contributed by atoms with E-state index in [0.717, 1.165) is 11.3 Å². The van der Waals surface area contributed by atoms with Gasteiger partial charge in [0.15, 0.2) is 11.0 Å². The van der Waals surface area contributed by atoms with Crippen LogP contribution >= 0.6 is 23.4 Å². The number of hydrogen-bond donors (Lipinski definition) is 0. The number of rotatable bonds is 6. The van der Waals surface area contributed by atoms with Gasteiger partial charge < -0.3 is 4.74 Å². The molecule has 4 aromatic rings. The van der Waals surface area contributed by atoms with Crippen molar-refractivity contribution in [2.75, 3.05) is 7.11 Å². The molecule has 0 spiro atoms. The molecule has 0 aliphatic carbocycles. The Hall–Kier alpha value is -2.83. The van der Waals surface area contributed by atoms with Gasteiger partial charge in [0.25, 0.3) is 0 Å². The fraction of sp³-hybridized carbons (Fsp3) is 0.0909. The Kier molecular flexibility index (Phi) is 5.83. The number of nitrogens with zero attached hydrogens (tertiary/aromatic N) is 3. The molecule has 29 heavy (non-hydrogen) atoms. The fourth-order valence-electron chi connectivity index (χ4n) is 2.96. The van der Waals surface area contributed by atoms with E-state index in [1.165, 1.54) is 17.8 Å². The first kappa shape index (κ1) is 19.5. The molecule has 1 aromatic heterocycles. The number of halogens is 2. The van der Waals surface area contributed by atoms with E-state index >= 15 is 0 Å². The lowest BCUT2D eigenvalue weighted by Crippen LogP contribution is -2.01. The number of methoxy groups -OCH3 is 1. The van der Waals surface area contributed by atoms with Crippen LogP contribution in [0.25, 0.3) is 17.1 Å². The monoisotopic (exact) mass is 425 g/mol. The summed E-state index contributed by atoms with van der Waals surface area (Å²) in [6.45, 7) is 0. The van der Waals surface area contributed by atoms with E-state index in [9.17, 15) is 4.39 Å². The van der Waals surface area contributed by atoms with E-state index in [1.807, 2.05) is 59.2 Å². The highest BCUT2D eigenvalue weighted by Crippen LogP contribution is 2.34. The van der Waals surface area contributed by atoms with Crippen molar-refractivity contribution in [2.45, 2.75) is 10.9 Å². The maximum Gasteiger partial charge on any atom is 0.196 e. The maximum atomic E-state index is 14.2. The molecule has 0 radical (unpaired) electrons. The Bertz CT molecular complexity index is 1130. The summed E-state index contributed by atoms with van der Waals surface area (Å²) in [5.74, 6) is 1.44. The highest BCUT2D eigenvalue weighted by molar-refractivity contribution is 7.98. The van der Waals surface area contributed by atoms with Gasteiger partial charge in [0.2, 0.25) is 0 Å². The van der Waals surface area contributed by atoms with Gasteiger partial charge in [-0.3, -0.25) is 4.57 Å². The minimum Gasteiger partial charge on any atom is -0.496 e. The lowest BCUT2D eigenvalue weighted by molar-refractivity contribution is 0.416. The van der Waals surface area contributed by atoms with Crippen LogP contribution in [0.15, 0.2) is 78.0 Å². The minimum absolute atomic E-state index is 0.333. The third-order valence-corrected chi connectivity index (χ3v) is 5.58. The lowest BCUT2D eigenvalue weighted by Gasteiger charge is -2.12.